The Kier molecular flexibility index (Phi) is 4.49. The fourth-order valence-corrected chi connectivity index (χ4v) is 2.93. The number of Topliss-reactive ketones (excluding diaryl/α,β-unsaturated/α-hetero) is 1. The van der Waals surface area contributed by atoms with Crippen LogP contribution in [0.4, 0.5) is 13.2 Å². The van der Waals surface area contributed by atoms with Crippen LogP contribution in [0.5, 0.6) is 0 Å². The van der Waals surface area contributed by atoms with Crippen LogP contribution in [0.15, 0.2) is 16.8 Å². The molecular formula is C14H16F3N3O3. The van der Waals surface area contributed by atoms with E-state index in [4.69, 9.17) is 0 Å². The maximum absolute atomic E-state index is 13.1. The van der Waals surface area contributed by atoms with E-state index in [0.717, 1.165) is 6.26 Å². The van der Waals surface area contributed by atoms with Crippen molar-refractivity contribution in [3.8, 4) is 0 Å². The molecule has 23 heavy (non-hydrogen) atoms. The molecule has 2 N–H and O–H groups in total. The van der Waals surface area contributed by atoms with E-state index < -0.39 is 23.2 Å². The molecule has 1 aliphatic carbocycles. The van der Waals surface area contributed by atoms with Gasteiger partial charge in [0.25, 0.3) is 5.56 Å². The fraction of sp³-hybridized carbons (Fsp3) is 0.500. The van der Waals surface area contributed by atoms with Crippen molar-refractivity contribution in [1.82, 2.24) is 15.1 Å². The van der Waals surface area contributed by atoms with E-state index in [-0.39, 0.29) is 42.1 Å². The number of carbonyl (C=O) groups excluding carboxylic acids is 1. The standard InChI is InChI=1S/C14H16F3N3O3/c1-7(22)5-20(2)10(6-21)8-3-4-9-11(14(15,16)17)13(23)19-18-12(8)9/h6,8,21H,3-5H2,1-2H3,(H,19,23). The number of H-pyrrole nitrogens is 1. The van der Waals surface area contributed by atoms with Crippen molar-refractivity contribution in [1.29, 1.82) is 0 Å². The Hall–Kier alpha value is -2.32. The van der Waals surface area contributed by atoms with Crippen LogP contribution < -0.4 is 5.56 Å². The highest BCUT2D eigenvalue weighted by Crippen LogP contribution is 2.41. The number of nitrogens with one attached hydrogen (secondary N) is 1. The topological polar surface area (TPSA) is 86.3 Å². The van der Waals surface area contributed by atoms with Crippen molar-refractivity contribution in [2.24, 2.45) is 0 Å². The number of aliphatic hydroxyl groups excluding tert-OH is 1. The van der Waals surface area contributed by atoms with Gasteiger partial charge in [-0.3, -0.25) is 9.59 Å². The van der Waals surface area contributed by atoms with E-state index in [1.54, 1.807) is 7.05 Å². The Morgan fingerprint density at radius 1 is 1.52 bits per heavy atom. The van der Waals surface area contributed by atoms with Crippen molar-refractivity contribution in [2.75, 3.05) is 13.6 Å². The molecule has 1 aromatic rings. The van der Waals surface area contributed by atoms with Gasteiger partial charge >= 0.3 is 6.18 Å². The second kappa shape index (κ2) is 6.05. The zero-order valence-electron chi connectivity index (χ0n) is 12.6. The monoisotopic (exact) mass is 331 g/mol. The number of rotatable bonds is 4. The van der Waals surface area contributed by atoms with Crippen LogP contribution in [0, 0.1) is 0 Å². The average molecular weight is 331 g/mol. The predicted octanol–water partition coefficient (Wildman–Crippen LogP) is 1.74. The van der Waals surface area contributed by atoms with Gasteiger partial charge in [-0.25, -0.2) is 5.10 Å². The van der Waals surface area contributed by atoms with E-state index in [0.29, 0.717) is 0 Å². The molecule has 0 aliphatic heterocycles. The molecule has 0 amide bonds. The molecule has 1 unspecified atom stereocenters. The summed E-state index contributed by atoms with van der Waals surface area (Å²) >= 11 is 0. The minimum atomic E-state index is -4.77. The molecule has 1 heterocycles. The summed E-state index contributed by atoms with van der Waals surface area (Å²) < 4.78 is 39.2. The van der Waals surface area contributed by atoms with Crippen LogP contribution in [0.3, 0.4) is 0 Å². The number of nitrogens with zero attached hydrogens (tertiary/aromatic N) is 2. The first-order chi connectivity index (χ1) is 10.7. The Morgan fingerprint density at radius 2 is 2.17 bits per heavy atom. The molecule has 9 heteroatoms. The molecule has 1 atom stereocenters. The highest BCUT2D eigenvalue weighted by Gasteiger charge is 2.42. The lowest BCUT2D eigenvalue weighted by Crippen LogP contribution is -2.28. The van der Waals surface area contributed by atoms with Crippen molar-refractivity contribution >= 4 is 5.78 Å². The molecule has 0 saturated carbocycles. The summed E-state index contributed by atoms with van der Waals surface area (Å²) in [4.78, 5) is 24.2. The van der Waals surface area contributed by atoms with Crippen LogP contribution in [-0.2, 0) is 17.4 Å². The molecule has 0 radical (unpaired) electrons. The fourth-order valence-electron chi connectivity index (χ4n) is 2.93. The van der Waals surface area contributed by atoms with E-state index in [9.17, 15) is 27.9 Å². The Labute approximate surface area is 129 Å². The summed E-state index contributed by atoms with van der Waals surface area (Å²) in [5.41, 5.74) is -2.30. The highest BCUT2D eigenvalue weighted by molar-refractivity contribution is 5.77. The summed E-state index contributed by atoms with van der Waals surface area (Å²) in [6, 6.07) is 0. The van der Waals surface area contributed by atoms with Crippen molar-refractivity contribution in [3.05, 3.63) is 39.1 Å². The van der Waals surface area contributed by atoms with Gasteiger partial charge in [-0.05, 0) is 25.3 Å². The summed E-state index contributed by atoms with van der Waals surface area (Å²) in [6.45, 7) is 1.37. The van der Waals surface area contributed by atoms with Gasteiger partial charge in [0.1, 0.15) is 11.3 Å². The summed E-state index contributed by atoms with van der Waals surface area (Å²) in [5, 5.41) is 15.1. The maximum atomic E-state index is 13.1. The zero-order chi connectivity index (χ0) is 17.4. The molecule has 6 nitrogen and oxygen atoms in total. The first-order valence-corrected chi connectivity index (χ1v) is 6.90. The molecule has 0 spiro atoms. The number of carbonyl (C=O) groups is 1. The number of allylic oxidation sites excluding steroid dienone is 1. The second-order valence-electron chi connectivity index (χ2n) is 5.49. The third-order valence-corrected chi connectivity index (χ3v) is 3.80. The Balaban J connectivity index is 2.47. The van der Waals surface area contributed by atoms with Gasteiger partial charge in [-0.2, -0.15) is 18.3 Å². The smallest absolute Gasteiger partial charge is 0.422 e. The SMILES string of the molecule is CC(=O)CN(C)C(=CO)C1CCc2c1n[nH]c(=O)c2C(F)(F)F. The lowest BCUT2D eigenvalue weighted by Gasteiger charge is -2.25. The number of hydrogen-bond donors (Lipinski definition) is 2. The molecule has 1 aliphatic rings. The van der Waals surface area contributed by atoms with E-state index in [1.165, 1.54) is 11.8 Å². The molecular weight excluding hydrogens is 315 g/mol. The average Bonchev–Trinajstić information content (AvgIpc) is 2.80. The number of alkyl halides is 3. The van der Waals surface area contributed by atoms with Gasteiger partial charge in [0, 0.05) is 13.0 Å². The van der Waals surface area contributed by atoms with Crippen molar-refractivity contribution in [2.45, 2.75) is 31.9 Å². The summed E-state index contributed by atoms with van der Waals surface area (Å²) in [7, 11) is 1.55. The van der Waals surface area contributed by atoms with Gasteiger partial charge in [0.2, 0.25) is 0 Å². The highest BCUT2D eigenvalue weighted by atomic mass is 19.4. The molecule has 2 rings (SSSR count). The van der Waals surface area contributed by atoms with E-state index in [1.807, 2.05) is 5.10 Å². The molecule has 1 aromatic heterocycles. The van der Waals surface area contributed by atoms with Gasteiger partial charge in [-0.15, -0.1) is 0 Å². The van der Waals surface area contributed by atoms with E-state index in [2.05, 4.69) is 5.10 Å². The van der Waals surface area contributed by atoms with Gasteiger partial charge in [0.05, 0.1) is 24.2 Å². The minimum Gasteiger partial charge on any atom is -0.514 e. The molecule has 0 fully saturated rings. The molecule has 0 bridgehead atoms. The number of aromatic amines is 1. The van der Waals surface area contributed by atoms with Crippen molar-refractivity contribution < 1.29 is 23.1 Å². The molecule has 0 saturated heterocycles. The predicted molar refractivity (Wildman–Crippen MR) is 74.9 cm³/mol. The maximum Gasteiger partial charge on any atom is 0.422 e. The van der Waals surface area contributed by atoms with Gasteiger partial charge < -0.3 is 10.0 Å². The molecule has 126 valence electrons. The largest absolute Gasteiger partial charge is 0.514 e. The zero-order valence-corrected chi connectivity index (χ0v) is 12.6. The number of aliphatic hydroxyl groups is 1. The van der Waals surface area contributed by atoms with Crippen LogP contribution in [0.1, 0.15) is 36.1 Å². The number of fused-ring (bicyclic) bond motifs is 1. The third-order valence-electron chi connectivity index (χ3n) is 3.80. The molecule has 0 aromatic carbocycles. The minimum absolute atomic E-state index is 0.00765. The Morgan fingerprint density at radius 3 is 2.70 bits per heavy atom. The number of ketones is 1. The van der Waals surface area contributed by atoms with Gasteiger partial charge in [-0.1, -0.05) is 0 Å². The summed E-state index contributed by atoms with van der Waals surface area (Å²) in [5.74, 6) is -0.771. The first-order valence-electron chi connectivity index (χ1n) is 6.90. The van der Waals surface area contributed by atoms with Crippen LogP contribution in [-0.4, -0.2) is 39.6 Å². The third kappa shape index (κ3) is 3.22. The van der Waals surface area contributed by atoms with Crippen LogP contribution in [0.25, 0.3) is 0 Å². The van der Waals surface area contributed by atoms with Crippen molar-refractivity contribution in [3.63, 3.8) is 0 Å². The number of hydrogen-bond acceptors (Lipinski definition) is 5. The second-order valence-corrected chi connectivity index (χ2v) is 5.49. The van der Waals surface area contributed by atoms with Crippen LogP contribution in [0.2, 0.25) is 0 Å². The van der Waals surface area contributed by atoms with Gasteiger partial charge in [0.15, 0.2) is 0 Å². The van der Waals surface area contributed by atoms with Crippen LogP contribution >= 0.6 is 0 Å². The number of halogens is 3. The number of likely N-dealkylation sites (N-methyl/N-ethyl adjacent to an activating group) is 1. The lowest BCUT2D eigenvalue weighted by atomic mass is 10.0. The Bertz CT molecular complexity index is 709. The number of aromatic nitrogens is 2. The first kappa shape index (κ1) is 17.0. The van der Waals surface area contributed by atoms with E-state index >= 15 is 0 Å². The summed E-state index contributed by atoms with van der Waals surface area (Å²) in [6.07, 6.45) is -3.72. The normalized spacial score (nSPS) is 18.0. The lowest BCUT2D eigenvalue weighted by molar-refractivity contribution is -0.139. The quantitative estimate of drug-likeness (QED) is 0.821.